The van der Waals surface area contributed by atoms with Crippen molar-refractivity contribution in [3.05, 3.63) is 65.4 Å². The summed E-state index contributed by atoms with van der Waals surface area (Å²) in [5.74, 6) is 1.76. The maximum atomic E-state index is 13.7. The van der Waals surface area contributed by atoms with E-state index >= 15 is 0 Å². The van der Waals surface area contributed by atoms with Gasteiger partial charge in [0.1, 0.15) is 17.2 Å². The van der Waals surface area contributed by atoms with Crippen LogP contribution < -0.4 is 9.47 Å². The number of amides is 2. The third kappa shape index (κ3) is 4.09. The van der Waals surface area contributed by atoms with Crippen LogP contribution in [-0.4, -0.2) is 48.9 Å². The zero-order valence-corrected chi connectivity index (χ0v) is 19.1. The lowest BCUT2D eigenvalue weighted by Crippen LogP contribution is -2.41. The lowest BCUT2D eigenvalue weighted by Gasteiger charge is -2.37. The topological polar surface area (TPSA) is 59.1 Å². The molecule has 2 aliphatic rings. The quantitative estimate of drug-likeness (QED) is 0.644. The van der Waals surface area contributed by atoms with Crippen LogP contribution >= 0.6 is 0 Å². The van der Waals surface area contributed by atoms with Crippen LogP contribution in [0, 0.1) is 11.8 Å². The summed E-state index contributed by atoms with van der Waals surface area (Å²) in [4.78, 5) is 30.8. The van der Waals surface area contributed by atoms with E-state index in [1.165, 1.54) is 4.90 Å². The van der Waals surface area contributed by atoms with Crippen molar-refractivity contribution in [1.29, 1.82) is 0 Å². The number of methoxy groups -OCH3 is 2. The van der Waals surface area contributed by atoms with Gasteiger partial charge in [0.2, 0.25) is 0 Å². The number of hydrogen-bond acceptors (Lipinski definition) is 5. The average molecular weight is 435 g/mol. The Morgan fingerprint density at radius 3 is 2.16 bits per heavy atom. The molecule has 2 aromatic rings. The number of carbonyl (C=O) groups excluding carboxylic acids is 2. The summed E-state index contributed by atoms with van der Waals surface area (Å²) in [7, 11) is 3.20. The molecule has 2 atom stereocenters. The molecule has 2 amide bonds. The van der Waals surface area contributed by atoms with Crippen LogP contribution in [0.25, 0.3) is 5.57 Å². The van der Waals surface area contributed by atoms with Crippen molar-refractivity contribution >= 4 is 17.4 Å². The SMILES string of the molecule is COc1ccc(C2=C(N3CC(C)CC(C)C3)C(=O)N(Cc3ccccc3OC)C2=O)cc1. The molecule has 6 nitrogen and oxygen atoms in total. The van der Waals surface area contributed by atoms with E-state index < -0.39 is 0 Å². The van der Waals surface area contributed by atoms with E-state index in [2.05, 4.69) is 18.7 Å². The third-order valence-electron chi connectivity index (χ3n) is 6.23. The van der Waals surface area contributed by atoms with E-state index in [4.69, 9.17) is 9.47 Å². The first-order valence-corrected chi connectivity index (χ1v) is 11.0. The van der Waals surface area contributed by atoms with Crippen molar-refractivity contribution < 1.29 is 19.1 Å². The molecule has 6 heteroatoms. The van der Waals surface area contributed by atoms with E-state index in [0.29, 0.717) is 34.6 Å². The van der Waals surface area contributed by atoms with Gasteiger partial charge in [-0.3, -0.25) is 14.5 Å². The molecule has 2 aliphatic heterocycles. The summed E-state index contributed by atoms with van der Waals surface area (Å²) in [5.41, 5.74) is 2.50. The molecule has 168 valence electrons. The molecule has 2 aromatic carbocycles. The summed E-state index contributed by atoms with van der Waals surface area (Å²) < 4.78 is 10.7. The second-order valence-corrected chi connectivity index (χ2v) is 8.81. The summed E-state index contributed by atoms with van der Waals surface area (Å²) in [6.45, 7) is 6.10. The van der Waals surface area contributed by atoms with E-state index in [1.807, 2.05) is 48.5 Å². The predicted octanol–water partition coefficient (Wildman–Crippen LogP) is 3.96. The van der Waals surface area contributed by atoms with Gasteiger partial charge in [0.25, 0.3) is 11.8 Å². The summed E-state index contributed by atoms with van der Waals surface area (Å²) in [6.07, 6.45) is 1.12. The van der Waals surface area contributed by atoms with E-state index in [-0.39, 0.29) is 18.4 Å². The van der Waals surface area contributed by atoms with Gasteiger partial charge in [-0.05, 0) is 42.0 Å². The molecule has 2 unspecified atom stereocenters. The highest BCUT2D eigenvalue weighted by atomic mass is 16.5. The summed E-state index contributed by atoms with van der Waals surface area (Å²) in [6, 6.07) is 14.8. The van der Waals surface area contributed by atoms with E-state index in [0.717, 1.165) is 30.6 Å². The van der Waals surface area contributed by atoms with Gasteiger partial charge in [-0.2, -0.15) is 0 Å². The molecule has 0 N–H and O–H groups in total. The van der Waals surface area contributed by atoms with Crippen LogP contribution in [0.5, 0.6) is 11.5 Å². The minimum Gasteiger partial charge on any atom is -0.497 e. The molecule has 4 rings (SSSR count). The number of rotatable bonds is 6. The zero-order valence-electron chi connectivity index (χ0n) is 19.1. The van der Waals surface area contributed by atoms with Crippen LogP contribution in [0.1, 0.15) is 31.4 Å². The highest BCUT2D eigenvalue weighted by molar-refractivity contribution is 6.35. The minimum absolute atomic E-state index is 0.170. The van der Waals surface area contributed by atoms with Crippen molar-refractivity contribution in [2.45, 2.75) is 26.8 Å². The van der Waals surface area contributed by atoms with Crippen molar-refractivity contribution in [2.75, 3.05) is 27.3 Å². The van der Waals surface area contributed by atoms with E-state index in [9.17, 15) is 9.59 Å². The molecule has 0 radical (unpaired) electrons. The molecule has 0 saturated carbocycles. The highest BCUT2D eigenvalue weighted by Crippen LogP contribution is 2.36. The molecule has 0 aromatic heterocycles. The summed E-state index contributed by atoms with van der Waals surface area (Å²) >= 11 is 0. The Labute approximate surface area is 189 Å². The molecular weight excluding hydrogens is 404 g/mol. The second-order valence-electron chi connectivity index (χ2n) is 8.81. The van der Waals surface area contributed by atoms with Gasteiger partial charge in [0, 0.05) is 18.7 Å². The maximum absolute atomic E-state index is 13.7. The normalized spacial score (nSPS) is 21.4. The Kier molecular flexibility index (Phi) is 6.21. The molecule has 0 spiro atoms. The Bertz CT molecular complexity index is 1030. The Morgan fingerprint density at radius 1 is 0.875 bits per heavy atom. The molecule has 1 saturated heterocycles. The van der Waals surface area contributed by atoms with Crippen LogP contribution in [0.3, 0.4) is 0 Å². The molecule has 2 heterocycles. The van der Waals surface area contributed by atoms with E-state index in [1.54, 1.807) is 14.2 Å². The molecule has 0 aliphatic carbocycles. The zero-order chi connectivity index (χ0) is 22.8. The number of hydrogen-bond donors (Lipinski definition) is 0. The Balaban J connectivity index is 1.75. The fourth-order valence-corrected chi connectivity index (χ4v) is 4.87. The first kappa shape index (κ1) is 21.9. The number of para-hydroxylation sites is 1. The van der Waals surface area contributed by atoms with Gasteiger partial charge < -0.3 is 14.4 Å². The number of imide groups is 1. The standard InChI is InChI=1S/C26H30N2O4/c1-17-13-18(2)15-27(14-17)24-23(19-9-11-21(31-3)12-10-19)25(29)28(26(24)30)16-20-7-5-6-8-22(20)32-4/h5-12,17-18H,13-16H2,1-4H3. The smallest absolute Gasteiger partial charge is 0.278 e. The average Bonchev–Trinajstić information content (AvgIpc) is 3.03. The van der Waals surface area contributed by atoms with Gasteiger partial charge in [0.15, 0.2) is 0 Å². The van der Waals surface area contributed by atoms with Crippen molar-refractivity contribution in [2.24, 2.45) is 11.8 Å². The van der Waals surface area contributed by atoms with Crippen molar-refractivity contribution in [1.82, 2.24) is 9.80 Å². The van der Waals surface area contributed by atoms with Crippen LogP contribution in [0.15, 0.2) is 54.2 Å². The number of likely N-dealkylation sites (tertiary alicyclic amines) is 1. The number of nitrogens with zero attached hydrogens (tertiary/aromatic N) is 2. The Hall–Kier alpha value is -3.28. The van der Waals surface area contributed by atoms with Gasteiger partial charge in [-0.15, -0.1) is 0 Å². The lowest BCUT2D eigenvalue weighted by molar-refractivity contribution is -0.138. The largest absolute Gasteiger partial charge is 0.497 e. The summed E-state index contributed by atoms with van der Waals surface area (Å²) in [5, 5.41) is 0. The monoisotopic (exact) mass is 434 g/mol. The fourth-order valence-electron chi connectivity index (χ4n) is 4.87. The van der Waals surface area contributed by atoms with Gasteiger partial charge in [0.05, 0.1) is 26.3 Å². The number of carbonyl (C=O) groups is 2. The lowest BCUT2D eigenvalue weighted by atomic mass is 9.91. The number of piperidine rings is 1. The van der Waals surface area contributed by atoms with Crippen LogP contribution in [-0.2, 0) is 16.1 Å². The van der Waals surface area contributed by atoms with Gasteiger partial charge in [-0.25, -0.2) is 0 Å². The van der Waals surface area contributed by atoms with Gasteiger partial charge >= 0.3 is 0 Å². The third-order valence-corrected chi connectivity index (χ3v) is 6.23. The minimum atomic E-state index is -0.271. The fraction of sp³-hybridized carbons (Fsp3) is 0.385. The maximum Gasteiger partial charge on any atom is 0.278 e. The first-order valence-electron chi connectivity index (χ1n) is 11.0. The van der Waals surface area contributed by atoms with Crippen molar-refractivity contribution in [3.8, 4) is 11.5 Å². The number of benzene rings is 2. The van der Waals surface area contributed by atoms with Gasteiger partial charge in [-0.1, -0.05) is 44.2 Å². The molecule has 0 bridgehead atoms. The van der Waals surface area contributed by atoms with Crippen LogP contribution in [0.2, 0.25) is 0 Å². The van der Waals surface area contributed by atoms with Crippen LogP contribution in [0.4, 0.5) is 0 Å². The molecule has 1 fully saturated rings. The molecule has 32 heavy (non-hydrogen) atoms. The second kappa shape index (κ2) is 9.07. The first-order chi connectivity index (χ1) is 15.4. The Morgan fingerprint density at radius 2 is 1.53 bits per heavy atom. The van der Waals surface area contributed by atoms with Crippen molar-refractivity contribution in [3.63, 3.8) is 0 Å². The number of ether oxygens (including phenoxy) is 2. The molecular formula is C26H30N2O4. The highest BCUT2D eigenvalue weighted by Gasteiger charge is 2.43. The predicted molar refractivity (Wildman–Crippen MR) is 123 cm³/mol.